The van der Waals surface area contributed by atoms with E-state index in [0.29, 0.717) is 17.3 Å². The van der Waals surface area contributed by atoms with Crippen LogP contribution in [0.3, 0.4) is 0 Å². The number of fused-ring (bicyclic) bond motifs is 1. The summed E-state index contributed by atoms with van der Waals surface area (Å²) >= 11 is 1.38. The quantitative estimate of drug-likeness (QED) is 0.775. The molecule has 1 saturated heterocycles. The number of carbonyl (C=O) groups is 1. The van der Waals surface area contributed by atoms with E-state index in [-0.39, 0.29) is 0 Å². The highest BCUT2D eigenvalue weighted by Crippen LogP contribution is 2.34. The lowest BCUT2D eigenvalue weighted by atomic mass is 9.93. The average molecular weight is 355 g/mol. The maximum Gasteiger partial charge on any atom is 0.346 e. The molecule has 0 atom stereocenters. The third-order valence-electron chi connectivity index (χ3n) is 5.14. The van der Waals surface area contributed by atoms with Gasteiger partial charge in [-0.2, -0.15) is 5.10 Å². The number of aromatic nitrogens is 2. The Kier molecular flexibility index (Phi) is 4.31. The Labute approximate surface area is 150 Å². The largest absolute Gasteiger partial charge is 0.477 e. The van der Waals surface area contributed by atoms with Crippen molar-refractivity contribution < 1.29 is 9.90 Å². The minimum absolute atomic E-state index is 0.481. The molecule has 1 fully saturated rings. The first-order chi connectivity index (χ1) is 12.1. The summed E-state index contributed by atoms with van der Waals surface area (Å²) in [5.74, 6) is -0.275. The second-order valence-corrected chi connectivity index (χ2v) is 7.69. The second kappa shape index (κ2) is 6.61. The van der Waals surface area contributed by atoms with Crippen LogP contribution in [0.25, 0.3) is 10.1 Å². The summed E-state index contributed by atoms with van der Waals surface area (Å²) in [6, 6.07) is 10.1. The van der Waals surface area contributed by atoms with E-state index in [1.165, 1.54) is 17.0 Å². The van der Waals surface area contributed by atoms with E-state index in [0.717, 1.165) is 41.6 Å². The van der Waals surface area contributed by atoms with E-state index in [1.807, 2.05) is 42.2 Å². The SMILES string of the molecule is Cn1nccc1C1CCN(Cc2c(C(=O)O)sc3ccccc23)CC1. The number of nitrogens with zero attached hydrogens (tertiary/aromatic N) is 3. The minimum atomic E-state index is -0.819. The van der Waals surface area contributed by atoms with Crippen molar-refractivity contribution >= 4 is 27.4 Å². The first kappa shape index (κ1) is 16.3. The van der Waals surface area contributed by atoms with Gasteiger partial charge in [0.15, 0.2) is 0 Å². The first-order valence-corrected chi connectivity index (χ1v) is 9.39. The van der Waals surface area contributed by atoms with Crippen molar-refractivity contribution in [1.29, 1.82) is 0 Å². The van der Waals surface area contributed by atoms with Crippen LogP contribution in [0.1, 0.15) is 39.7 Å². The number of carboxylic acids is 1. The smallest absolute Gasteiger partial charge is 0.346 e. The molecule has 130 valence electrons. The molecular formula is C19H21N3O2S. The third kappa shape index (κ3) is 3.07. The van der Waals surface area contributed by atoms with E-state index in [1.54, 1.807) is 0 Å². The number of rotatable bonds is 4. The molecule has 2 aromatic heterocycles. The summed E-state index contributed by atoms with van der Waals surface area (Å²) < 4.78 is 3.02. The normalized spacial score (nSPS) is 16.5. The molecule has 0 bridgehead atoms. The van der Waals surface area contributed by atoms with Crippen molar-refractivity contribution in [2.75, 3.05) is 13.1 Å². The Morgan fingerprint density at radius 3 is 2.72 bits per heavy atom. The Bertz CT molecular complexity index is 906. The van der Waals surface area contributed by atoms with Crippen LogP contribution in [0.4, 0.5) is 0 Å². The fourth-order valence-electron chi connectivity index (χ4n) is 3.82. The number of benzene rings is 1. The topological polar surface area (TPSA) is 58.4 Å². The molecule has 3 heterocycles. The molecule has 3 aromatic rings. The van der Waals surface area contributed by atoms with Crippen molar-refractivity contribution in [2.45, 2.75) is 25.3 Å². The highest BCUT2D eigenvalue weighted by molar-refractivity contribution is 7.21. The fourth-order valence-corrected chi connectivity index (χ4v) is 4.88. The lowest BCUT2D eigenvalue weighted by Crippen LogP contribution is -2.33. The number of piperidine rings is 1. The van der Waals surface area contributed by atoms with Crippen molar-refractivity contribution in [1.82, 2.24) is 14.7 Å². The van der Waals surface area contributed by atoms with Crippen LogP contribution in [0.5, 0.6) is 0 Å². The molecule has 0 radical (unpaired) electrons. The molecule has 4 rings (SSSR count). The lowest BCUT2D eigenvalue weighted by Gasteiger charge is -2.32. The zero-order valence-electron chi connectivity index (χ0n) is 14.2. The average Bonchev–Trinajstić information content (AvgIpc) is 3.20. The third-order valence-corrected chi connectivity index (χ3v) is 6.34. The Morgan fingerprint density at radius 1 is 1.28 bits per heavy atom. The summed E-state index contributed by atoms with van der Waals surface area (Å²) in [6.45, 7) is 2.68. The second-order valence-electron chi connectivity index (χ2n) is 6.64. The molecule has 1 aromatic carbocycles. The summed E-state index contributed by atoms with van der Waals surface area (Å²) in [4.78, 5) is 14.5. The molecule has 6 heteroatoms. The molecular weight excluding hydrogens is 334 g/mol. The van der Waals surface area contributed by atoms with Gasteiger partial charge in [0.1, 0.15) is 4.88 Å². The van der Waals surface area contributed by atoms with E-state index >= 15 is 0 Å². The van der Waals surface area contributed by atoms with Gasteiger partial charge in [-0.1, -0.05) is 18.2 Å². The van der Waals surface area contributed by atoms with Gasteiger partial charge in [-0.05, 0) is 49.0 Å². The zero-order valence-corrected chi connectivity index (χ0v) is 15.0. The molecule has 1 aliphatic rings. The monoisotopic (exact) mass is 355 g/mol. The molecule has 0 saturated carbocycles. The standard InChI is InChI=1S/C19H21N3O2S/c1-21-16(6-9-20-21)13-7-10-22(11-8-13)12-15-14-4-2-3-5-17(14)25-18(15)19(23)24/h2-6,9,13H,7-8,10-12H2,1H3,(H,23,24). The maximum absolute atomic E-state index is 11.7. The number of carboxylic acid groups (broad SMARTS) is 1. The predicted octanol–water partition coefficient (Wildman–Crippen LogP) is 3.71. The fraction of sp³-hybridized carbons (Fsp3) is 0.368. The van der Waals surface area contributed by atoms with Crippen molar-refractivity contribution in [3.8, 4) is 0 Å². The highest BCUT2D eigenvalue weighted by atomic mass is 32.1. The van der Waals surface area contributed by atoms with Gasteiger partial charge in [0.05, 0.1) is 0 Å². The van der Waals surface area contributed by atoms with Crippen LogP contribution in [0.15, 0.2) is 36.5 Å². The van der Waals surface area contributed by atoms with E-state index in [2.05, 4.69) is 16.1 Å². The summed E-state index contributed by atoms with van der Waals surface area (Å²) in [5, 5.41) is 14.9. The molecule has 0 aliphatic carbocycles. The number of hydrogen-bond acceptors (Lipinski definition) is 4. The van der Waals surface area contributed by atoms with Crippen LogP contribution in [-0.2, 0) is 13.6 Å². The lowest BCUT2D eigenvalue weighted by molar-refractivity contribution is 0.0699. The number of aryl methyl sites for hydroxylation is 1. The van der Waals surface area contributed by atoms with Crippen LogP contribution in [0, 0.1) is 0 Å². The first-order valence-electron chi connectivity index (χ1n) is 8.57. The minimum Gasteiger partial charge on any atom is -0.477 e. The molecule has 0 unspecified atom stereocenters. The van der Waals surface area contributed by atoms with Gasteiger partial charge in [-0.15, -0.1) is 11.3 Å². The summed E-state index contributed by atoms with van der Waals surface area (Å²) in [7, 11) is 2.00. The summed E-state index contributed by atoms with van der Waals surface area (Å²) in [6.07, 6.45) is 4.03. The highest BCUT2D eigenvalue weighted by Gasteiger charge is 2.25. The number of hydrogen-bond donors (Lipinski definition) is 1. The predicted molar refractivity (Wildman–Crippen MR) is 99.2 cm³/mol. The van der Waals surface area contributed by atoms with E-state index in [4.69, 9.17) is 0 Å². The van der Waals surface area contributed by atoms with Crippen LogP contribution < -0.4 is 0 Å². The van der Waals surface area contributed by atoms with E-state index in [9.17, 15) is 9.90 Å². The Hall–Kier alpha value is -2.18. The molecule has 1 aliphatic heterocycles. The van der Waals surface area contributed by atoms with Crippen LogP contribution in [-0.4, -0.2) is 38.8 Å². The van der Waals surface area contributed by atoms with E-state index < -0.39 is 5.97 Å². The van der Waals surface area contributed by atoms with Gasteiger partial charge in [0.2, 0.25) is 0 Å². The van der Waals surface area contributed by atoms with Gasteiger partial charge in [-0.3, -0.25) is 9.58 Å². The van der Waals surface area contributed by atoms with Crippen LogP contribution in [0.2, 0.25) is 0 Å². The van der Waals surface area contributed by atoms with Gasteiger partial charge in [0, 0.05) is 36.1 Å². The molecule has 1 N–H and O–H groups in total. The zero-order chi connectivity index (χ0) is 17.4. The molecule has 25 heavy (non-hydrogen) atoms. The summed E-state index contributed by atoms with van der Waals surface area (Å²) in [5.41, 5.74) is 2.26. The van der Waals surface area contributed by atoms with Crippen molar-refractivity contribution in [2.24, 2.45) is 7.05 Å². The molecule has 5 nitrogen and oxygen atoms in total. The van der Waals surface area contributed by atoms with Crippen molar-refractivity contribution in [3.05, 3.63) is 52.7 Å². The molecule has 0 amide bonds. The number of aromatic carboxylic acids is 1. The Balaban J connectivity index is 1.52. The van der Waals surface area contributed by atoms with Crippen LogP contribution >= 0.6 is 11.3 Å². The van der Waals surface area contributed by atoms with Gasteiger partial charge < -0.3 is 5.11 Å². The van der Waals surface area contributed by atoms with Crippen molar-refractivity contribution in [3.63, 3.8) is 0 Å². The Morgan fingerprint density at radius 2 is 2.04 bits per heavy atom. The maximum atomic E-state index is 11.7. The van der Waals surface area contributed by atoms with Gasteiger partial charge >= 0.3 is 5.97 Å². The number of likely N-dealkylation sites (tertiary alicyclic amines) is 1. The number of thiophene rings is 1. The molecule has 0 spiro atoms. The van der Waals surface area contributed by atoms with Gasteiger partial charge in [-0.25, -0.2) is 4.79 Å². The van der Waals surface area contributed by atoms with Gasteiger partial charge in [0.25, 0.3) is 0 Å².